The van der Waals surface area contributed by atoms with Crippen molar-refractivity contribution in [2.24, 2.45) is 0 Å². The molecule has 10 rings (SSSR count). The predicted molar refractivity (Wildman–Crippen MR) is 209 cm³/mol. The number of rotatable bonds is 9. The van der Waals surface area contributed by atoms with E-state index in [1.165, 1.54) is 0 Å². The van der Waals surface area contributed by atoms with Crippen LogP contribution in [0.4, 0.5) is 0 Å². The fourth-order valence-electron chi connectivity index (χ4n) is 6.62. The molecular formula is C45H30N6O3. The summed E-state index contributed by atoms with van der Waals surface area (Å²) >= 11 is 0. The Labute approximate surface area is 309 Å². The normalized spacial score (nSPS) is 11.3. The third-order valence-corrected chi connectivity index (χ3v) is 9.12. The first-order valence-corrected chi connectivity index (χ1v) is 17.5. The SMILES string of the molecule is c1ccc(Oc2ccccc2-c2cc3n(n2)c2cc(-c4ccccc4Oc4ccccc4)nn2c2cc(-c4ccccc4Oc4ccccc4)nn32)cc1. The summed E-state index contributed by atoms with van der Waals surface area (Å²) in [5.74, 6) is 4.28. The van der Waals surface area contributed by atoms with E-state index in [4.69, 9.17) is 29.5 Å². The van der Waals surface area contributed by atoms with Gasteiger partial charge in [-0.3, -0.25) is 0 Å². The fourth-order valence-corrected chi connectivity index (χ4v) is 6.62. The van der Waals surface area contributed by atoms with E-state index < -0.39 is 0 Å². The van der Waals surface area contributed by atoms with Crippen LogP contribution in [0.5, 0.6) is 34.5 Å². The summed E-state index contributed by atoms with van der Waals surface area (Å²) in [4.78, 5) is 0. The van der Waals surface area contributed by atoms with Crippen LogP contribution in [0.2, 0.25) is 0 Å². The minimum atomic E-state index is 0.689. The Morgan fingerprint density at radius 1 is 0.296 bits per heavy atom. The van der Waals surface area contributed by atoms with Crippen LogP contribution in [0.15, 0.2) is 182 Å². The average molecular weight is 703 g/mol. The number of fused-ring (bicyclic) bond motifs is 6. The first kappa shape index (κ1) is 31.1. The van der Waals surface area contributed by atoms with E-state index in [1.54, 1.807) is 0 Å². The van der Waals surface area contributed by atoms with Gasteiger partial charge in [-0.15, -0.1) is 0 Å². The van der Waals surface area contributed by atoms with E-state index in [9.17, 15) is 0 Å². The maximum atomic E-state index is 6.37. The highest BCUT2D eigenvalue weighted by Gasteiger charge is 2.22. The molecule has 4 heterocycles. The van der Waals surface area contributed by atoms with Crippen molar-refractivity contribution in [3.8, 4) is 68.3 Å². The van der Waals surface area contributed by atoms with Gasteiger partial charge in [0, 0.05) is 34.9 Å². The lowest BCUT2D eigenvalue weighted by Crippen LogP contribution is -2.04. The number of hydrogen-bond acceptors (Lipinski definition) is 6. The third kappa shape index (κ3) is 5.66. The van der Waals surface area contributed by atoms with E-state index in [0.29, 0.717) is 17.2 Å². The number of ether oxygens (including phenoxy) is 3. The Morgan fingerprint density at radius 2 is 0.556 bits per heavy atom. The van der Waals surface area contributed by atoms with Gasteiger partial charge < -0.3 is 14.2 Å². The highest BCUT2D eigenvalue weighted by Crippen LogP contribution is 2.38. The van der Waals surface area contributed by atoms with Crippen molar-refractivity contribution in [3.63, 3.8) is 0 Å². The molecule has 0 atom stereocenters. The van der Waals surface area contributed by atoms with Crippen molar-refractivity contribution in [3.05, 3.63) is 182 Å². The monoisotopic (exact) mass is 702 g/mol. The number of aromatic nitrogens is 6. The lowest BCUT2D eigenvalue weighted by Gasteiger charge is -2.09. The Balaban J connectivity index is 1.17. The minimum Gasteiger partial charge on any atom is -0.457 e. The molecule has 0 N–H and O–H groups in total. The zero-order valence-corrected chi connectivity index (χ0v) is 28.7. The summed E-state index contributed by atoms with van der Waals surface area (Å²) in [6.45, 7) is 0. The van der Waals surface area contributed by atoms with Gasteiger partial charge in [-0.25, -0.2) is 0 Å². The lowest BCUT2D eigenvalue weighted by molar-refractivity contribution is 0.484. The Morgan fingerprint density at radius 3 is 0.852 bits per heavy atom. The van der Waals surface area contributed by atoms with Crippen LogP contribution in [-0.2, 0) is 0 Å². The molecule has 0 spiro atoms. The van der Waals surface area contributed by atoms with Crippen LogP contribution in [0.25, 0.3) is 50.7 Å². The van der Waals surface area contributed by atoms with Gasteiger partial charge in [0.2, 0.25) is 0 Å². The number of hydrogen-bond donors (Lipinski definition) is 0. The second kappa shape index (κ2) is 13.2. The molecule has 10 aromatic rings. The standard InChI is InChI=1S/C45H30N6O3/c1-4-16-31(17-5-1)52-40-25-13-10-22-34(40)37-28-43-49(46-37)44-29-38(35-23-11-14-26-41(35)53-32-18-6-2-7-19-32)48-51(44)45-30-39(47-50(43)45)36-24-12-15-27-42(36)54-33-20-8-3-9-21-33/h1-30H. The quantitative estimate of drug-likeness (QED) is 0.149. The lowest BCUT2D eigenvalue weighted by atomic mass is 10.1. The van der Waals surface area contributed by atoms with Crippen molar-refractivity contribution in [2.75, 3.05) is 0 Å². The van der Waals surface area contributed by atoms with Crippen molar-refractivity contribution >= 4 is 16.9 Å². The molecule has 6 aromatic carbocycles. The summed E-state index contributed by atoms with van der Waals surface area (Å²) in [5, 5.41) is 15.5. The summed E-state index contributed by atoms with van der Waals surface area (Å²) in [5.41, 5.74) is 6.91. The van der Waals surface area contributed by atoms with Gasteiger partial charge in [0.25, 0.3) is 0 Å². The van der Waals surface area contributed by atoms with Crippen molar-refractivity contribution in [1.29, 1.82) is 0 Å². The molecule has 0 unspecified atom stereocenters. The summed E-state index contributed by atoms with van der Waals surface area (Å²) < 4.78 is 24.7. The predicted octanol–water partition coefficient (Wildman–Crippen LogP) is 11.0. The molecule has 0 radical (unpaired) electrons. The molecule has 9 nitrogen and oxygen atoms in total. The molecule has 0 aliphatic carbocycles. The Hall–Kier alpha value is -7.65. The molecule has 54 heavy (non-hydrogen) atoms. The summed E-state index contributed by atoms with van der Waals surface area (Å²) in [6, 6.07) is 59.1. The average Bonchev–Trinajstić information content (AvgIpc) is 3.98. The van der Waals surface area contributed by atoms with Gasteiger partial charge in [-0.2, -0.15) is 28.8 Å². The molecule has 9 heteroatoms. The van der Waals surface area contributed by atoms with Gasteiger partial charge in [0.15, 0.2) is 16.9 Å². The van der Waals surface area contributed by atoms with Gasteiger partial charge in [0.1, 0.15) is 34.5 Å². The van der Waals surface area contributed by atoms with Crippen LogP contribution >= 0.6 is 0 Å². The molecule has 0 aliphatic heterocycles. The van der Waals surface area contributed by atoms with Crippen LogP contribution in [0.1, 0.15) is 0 Å². The molecule has 0 aliphatic rings. The maximum absolute atomic E-state index is 6.37. The second-order valence-electron chi connectivity index (χ2n) is 12.6. The second-order valence-corrected chi connectivity index (χ2v) is 12.6. The van der Waals surface area contributed by atoms with Gasteiger partial charge >= 0.3 is 0 Å². The van der Waals surface area contributed by atoms with Crippen molar-refractivity contribution in [2.45, 2.75) is 0 Å². The topological polar surface area (TPSA) is 79.6 Å². The smallest absolute Gasteiger partial charge is 0.162 e. The van der Waals surface area contributed by atoms with E-state index in [-0.39, 0.29) is 0 Å². The van der Waals surface area contributed by atoms with Crippen LogP contribution < -0.4 is 14.2 Å². The minimum absolute atomic E-state index is 0.689. The number of nitrogens with zero attached hydrogens (tertiary/aromatic N) is 6. The van der Waals surface area contributed by atoms with E-state index in [0.717, 1.165) is 68.0 Å². The van der Waals surface area contributed by atoms with E-state index in [1.807, 2.05) is 196 Å². The molecule has 258 valence electrons. The zero-order valence-electron chi connectivity index (χ0n) is 28.7. The molecule has 0 saturated heterocycles. The van der Waals surface area contributed by atoms with Crippen LogP contribution in [0, 0.1) is 0 Å². The zero-order chi connectivity index (χ0) is 35.8. The van der Waals surface area contributed by atoms with Crippen molar-refractivity contribution in [1.82, 2.24) is 28.8 Å². The number of para-hydroxylation sites is 6. The van der Waals surface area contributed by atoms with Crippen LogP contribution in [0.3, 0.4) is 0 Å². The number of benzene rings is 6. The Kier molecular flexibility index (Phi) is 7.58. The highest BCUT2D eigenvalue weighted by molar-refractivity contribution is 5.79. The molecule has 0 saturated carbocycles. The molecule has 4 aromatic heterocycles. The molecule has 0 bridgehead atoms. The largest absolute Gasteiger partial charge is 0.457 e. The van der Waals surface area contributed by atoms with E-state index in [2.05, 4.69) is 0 Å². The Bertz CT molecular complexity index is 2500. The van der Waals surface area contributed by atoms with Crippen molar-refractivity contribution < 1.29 is 14.2 Å². The van der Waals surface area contributed by atoms with Gasteiger partial charge in [0.05, 0.1) is 17.1 Å². The third-order valence-electron chi connectivity index (χ3n) is 9.12. The first-order chi connectivity index (χ1) is 26.7. The van der Waals surface area contributed by atoms with Gasteiger partial charge in [-0.05, 0) is 72.8 Å². The molecule has 0 amide bonds. The van der Waals surface area contributed by atoms with E-state index >= 15 is 0 Å². The first-order valence-electron chi connectivity index (χ1n) is 17.5. The summed E-state index contributed by atoms with van der Waals surface area (Å²) in [7, 11) is 0. The van der Waals surface area contributed by atoms with Gasteiger partial charge in [-0.1, -0.05) is 91.0 Å². The maximum Gasteiger partial charge on any atom is 0.162 e. The summed E-state index contributed by atoms with van der Waals surface area (Å²) in [6.07, 6.45) is 0. The molecular weight excluding hydrogens is 673 g/mol. The fraction of sp³-hybridized carbons (Fsp3) is 0. The highest BCUT2D eigenvalue weighted by atomic mass is 16.5. The molecule has 0 fully saturated rings. The van der Waals surface area contributed by atoms with Crippen LogP contribution in [-0.4, -0.2) is 28.8 Å².